The van der Waals surface area contributed by atoms with Crippen LogP contribution >= 0.6 is 19.7 Å². The van der Waals surface area contributed by atoms with Crippen LogP contribution < -0.4 is 0 Å². The summed E-state index contributed by atoms with van der Waals surface area (Å²) in [6.45, 7) is 14.7. The molecule has 84 valence electrons. The standard InChI is InChI=1S/3ClH.Lu.6H2O/h3*1H;;6*1H2/q;;;+3;;;;;;/p-3. The van der Waals surface area contributed by atoms with Crippen molar-refractivity contribution < 1.29 is 59.5 Å². The monoisotopic (exact) mass is 388 g/mol. The maximum atomic E-state index is 4.92. The average molecular weight is 389 g/mol. The Hall–Kier alpha value is 1.86. The molecule has 0 atom stereocenters. The van der Waals surface area contributed by atoms with Crippen molar-refractivity contribution in [3.05, 3.63) is 0 Å². The molecule has 0 amide bonds. The SMILES string of the molecule is O.O.O.O.O.O.[Cl][Lu]([Cl])[Cl]. The van der Waals surface area contributed by atoms with E-state index in [1.165, 1.54) is 0 Å². The quantitative estimate of drug-likeness (QED) is 0.412. The minimum absolute atomic E-state index is 0. The van der Waals surface area contributed by atoms with E-state index in [9.17, 15) is 0 Å². The summed E-state index contributed by atoms with van der Waals surface area (Å²) in [5, 5.41) is 0. The second kappa shape index (κ2) is 44.7. The predicted molar refractivity (Wildman–Crippen MR) is 39.2 cm³/mol. The molecule has 0 fully saturated rings. The van der Waals surface area contributed by atoms with Crippen molar-refractivity contribution in [2.45, 2.75) is 0 Å². The van der Waals surface area contributed by atoms with Crippen LogP contribution in [-0.4, -0.2) is 32.9 Å². The van der Waals surface area contributed by atoms with Gasteiger partial charge in [0.25, 0.3) is 0 Å². The molecule has 0 heterocycles. The van der Waals surface area contributed by atoms with E-state index in [4.69, 9.17) is 19.7 Å². The van der Waals surface area contributed by atoms with Gasteiger partial charge in [0.1, 0.15) is 0 Å². The first-order chi connectivity index (χ1) is 1.73. The summed E-state index contributed by atoms with van der Waals surface area (Å²) in [5.74, 6) is 0. The molecule has 0 aliphatic heterocycles. The first-order valence-corrected chi connectivity index (χ1v) is 6.51. The van der Waals surface area contributed by atoms with Crippen LogP contribution in [0.2, 0.25) is 0 Å². The normalized spacial score (nSPS) is 4.50. The molecule has 0 aromatic carbocycles. The second-order valence-electron chi connectivity index (χ2n) is 0.111. The molecule has 0 bridgehead atoms. The molecular weight excluding hydrogens is 377 g/mol. The Balaban J connectivity index is -0.00000000300. The van der Waals surface area contributed by atoms with Crippen LogP contribution in [0.3, 0.4) is 0 Å². The molecule has 0 radical (unpaired) electrons. The van der Waals surface area contributed by atoms with Crippen LogP contribution in [0.5, 0.6) is 0 Å². The third kappa shape index (κ3) is 223. The van der Waals surface area contributed by atoms with E-state index in [-0.39, 0.29) is 32.9 Å². The molecule has 10 heteroatoms. The van der Waals surface area contributed by atoms with Crippen LogP contribution in [0.15, 0.2) is 0 Å². The third-order valence-corrected chi connectivity index (χ3v) is 0. The summed E-state index contributed by atoms with van der Waals surface area (Å²) < 4.78 is 0. The van der Waals surface area contributed by atoms with Gasteiger partial charge in [-0.15, -0.1) is 0 Å². The van der Waals surface area contributed by atoms with Gasteiger partial charge < -0.3 is 32.9 Å². The first kappa shape index (κ1) is 59.2. The summed E-state index contributed by atoms with van der Waals surface area (Å²) in [6.07, 6.45) is 0. The Labute approximate surface area is 78.3 Å². The molecule has 0 saturated carbocycles. The Morgan fingerprint density at radius 2 is 0.500 bits per heavy atom. The van der Waals surface area contributed by atoms with Crippen molar-refractivity contribution in [3.8, 4) is 0 Å². The fraction of sp³-hybridized carbons (Fsp3) is 0. The summed E-state index contributed by atoms with van der Waals surface area (Å²) in [6, 6.07) is 0. The van der Waals surface area contributed by atoms with Gasteiger partial charge in [-0.05, 0) is 0 Å². The zero-order valence-corrected chi connectivity index (χ0v) is 8.32. The number of hydrogen-bond acceptors (Lipinski definition) is 0. The molecular formula is H12Cl3LuO6. The van der Waals surface area contributed by atoms with Gasteiger partial charge in [-0.2, -0.15) is 0 Å². The minimum atomic E-state index is -1.53. The predicted octanol–water partition coefficient (Wildman–Crippen LogP) is -2.88. The van der Waals surface area contributed by atoms with E-state index in [0.717, 1.165) is 0 Å². The number of hydrogen-bond donors (Lipinski definition) is 0. The average Bonchev–Trinajstić information content (AvgIpc) is 0.811. The van der Waals surface area contributed by atoms with E-state index in [1.807, 2.05) is 0 Å². The summed E-state index contributed by atoms with van der Waals surface area (Å²) in [7, 11) is 0. The fourth-order valence-electron chi connectivity index (χ4n) is 0. The van der Waals surface area contributed by atoms with Crippen molar-refractivity contribution >= 4 is 19.7 Å². The van der Waals surface area contributed by atoms with E-state index in [1.54, 1.807) is 0 Å². The van der Waals surface area contributed by atoms with E-state index in [0.29, 0.717) is 0 Å². The van der Waals surface area contributed by atoms with Gasteiger partial charge in [-0.3, -0.25) is 0 Å². The maximum absolute atomic E-state index is 4.92. The Morgan fingerprint density at radius 3 is 0.500 bits per heavy atom. The molecule has 0 aliphatic carbocycles. The van der Waals surface area contributed by atoms with Crippen molar-refractivity contribution in [3.63, 3.8) is 0 Å². The van der Waals surface area contributed by atoms with Gasteiger partial charge in [-0.1, -0.05) is 0 Å². The molecule has 0 aromatic heterocycles. The van der Waals surface area contributed by atoms with Gasteiger partial charge in [0.05, 0.1) is 0 Å². The Bertz CT molecular complexity index is 17.7. The molecule has 10 heavy (non-hydrogen) atoms. The van der Waals surface area contributed by atoms with Crippen molar-refractivity contribution in [1.82, 2.24) is 0 Å². The summed E-state index contributed by atoms with van der Waals surface area (Å²) in [5.41, 5.74) is 0. The zero-order chi connectivity index (χ0) is 3.58. The Kier molecular flexibility index (Phi) is 264. The van der Waals surface area contributed by atoms with Gasteiger partial charge >= 0.3 is 46.3 Å². The zero-order valence-electron chi connectivity index (χ0n) is 4.39. The molecule has 0 aromatic rings. The van der Waals surface area contributed by atoms with Gasteiger partial charge in [-0.25, -0.2) is 0 Å². The van der Waals surface area contributed by atoms with E-state index in [2.05, 4.69) is 0 Å². The van der Waals surface area contributed by atoms with Crippen molar-refractivity contribution in [2.24, 2.45) is 0 Å². The van der Waals surface area contributed by atoms with E-state index >= 15 is 0 Å². The Morgan fingerprint density at radius 1 is 0.500 bits per heavy atom. The van der Waals surface area contributed by atoms with Crippen LogP contribution in [-0.2, 0) is 0 Å². The third-order valence-electron chi connectivity index (χ3n) is 0. The van der Waals surface area contributed by atoms with Crippen LogP contribution in [0.1, 0.15) is 0 Å². The molecule has 0 saturated heterocycles. The molecule has 0 aliphatic rings. The van der Waals surface area contributed by atoms with Gasteiger partial charge in [0, 0.05) is 0 Å². The van der Waals surface area contributed by atoms with Crippen LogP contribution in [0.25, 0.3) is 0 Å². The second-order valence-corrected chi connectivity index (χ2v) is 7.39. The van der Waals surface area contributed by atoms with E-state index < -0.39 is 26.7 Å². The van der Waals surface area contributed by atoms with Crippen molar-refractivity contribution in [2.75, 3.05) is 0 Å². The van der Waals surface area contributed by atoms with Crippen molar-refractivity contribution in [1.29, 1.82) is 0 Å². The van der Waals surface area contributed by atoms with Crippen LogP contribution in [0, 0.1) is 26.7 Å². The molecule has 0 spiro atoms. The number of halogens is 3. The molecule has 6 nitrogen and oxygen atoms in total. The fourth-order valence-corrected chi connectivity index (χ4v) is 0. The van der Waals surface area contributed by atoms with Crippen LogP contribution in [0.4, 0.5) is 0 Å². The summed E-state index contributed by atoms with van der Waals surface area (Å²) in [4.78, 5) is 0. The topological polar surface area (TPSA) is 189 Å². The van der Waals surface area contributed by atoms with Gasteiger partial charge in [0.15, 0.2) is 0 Å². The molecule has 0 unspecified atom stereocenters. The molecule has 12 N–H and O–H groups in total. The first-order valence-electron chi connectivity index (χ1n) is 0.293. The number of rotatable bonds is 0. The van der Waals surface area contributed by atoms with Gasteiger partial charge in [0.2, 0.25) is 0 Å². The molecule has 0 rings (SSSR count). The summed E-state index contributed by atoms with van der Waals surface area (Å²) >= 11 is -1.53.